The standard InChI is InChI=1S/C18H14N4O4/c1-10-4-3-7-21-16(10)20-18(24)15-13(9-14(23)19-17(15)21)11-5-2-6-12(8-11)22(25)26/h2-8,13H,9H2,1H3,(H,19,23)/t13-/m1/s1. The first kappa shape index (κ1) is 15.9. The predicted octanol–water partition coefficient (Wildman–Crippen LogP) is 2.39. The van der Waals surface area contributed by atoms with Crippen molar-refractivity contribution in [2.24, 2.45) is 0 Å². The Morgan fingerprint density at radius 2 is 2.08 bits per heavy atom. The highest BCUT2D eigenvalue weighted by Crippen LogP contribution is 2.36. The molecule has 8 nitrogen and oxygen atoms in total. The fourth-order valence-corrected chi connectivity index (χ4v) is 3.37. The first-order valence-corrected chi connectivity index (χ1v) is 8.02. The number of aromatic nitrogens is 2. The zero-order chi connectivity index (χ0) is 18.4. The van der Waals surface area contributed by atoms with Gasteiger partial charge in [0.2, 0.25) is 5.91 Å². The summed E-state index contributed by atoms with van der Waals surface area (Å²) in [4.78, 5) is 39.8. The number of fused-ring (bicyclic) bond motifs is 3. The van der Waals surface area contributed by atoms with Crippen LogP contribution >= 0.6 is 0 Å². The van der Waals surface area contributed by atoms with Gasteiger partial charge in [-0.15, -0.1) is 0 Å². The molecular weight excluding hydrogens is 336 g/mol. The van der Waals surface area contributed by atoms with Gasteiger partial charge in [0.05, 0.1) is 10.5 Å². The van der Waals surface area contributed by atoms with E-state index in [1.54, 1.807) is 28.8 Å². The minimum Gasteiger partial charge on any atom is -0.311 e. The Morgan fingerprint density at radius 3 is 2.85 bits per heavy atom. The van der Waals surface area contributed by atoms with Gasteiger partial charge in [-0.05, 0) is 24.1 Å². The number of anilines is 1. The van der Waals surface area contributed by atoms with E-state index in [0.717, 1.165) is 5.56 Å². The van der Waals surface area contributed by atoms with Crippen LogP contribution in [0.5, 0.6) is 0 Å². The third kappa shape index (κ3) is 2.43. The topological polar surface area (TPSA) is 107 Å². The van der Waals surface area contributed by atoms with E-state index in [-0.39, 0.29) is 18.0 Å². The van der Waals surface area contributed by atoms with Crippen LogP contribution in [-0.4, -0.2) is 20.2 Å². The van der Waals surface area contributed by atoms with E-state index in [0.29, 0.717) is 22.6 Å². The molecule has 1 aliphatic heterocycles. The average molecular weight is 350 g/mol. The number of nitro benzene ring substituents is 1. The van der Waals surface area contributed by atoms with Crippen molar-refractivity contribution in [3.05, 3.63) is 79.8 Å². The molecule has 0 bridgehead atoms. The van der Waals surface area contributed by atoms with Gasteiger partial charge in [-0.3, -0.25) is 24.1 Å². The molecule has 0 unspecified atom stereocenters. The number of non-ortho nitro benzene ring substituents is 1. The summed E-state index contributed by atoms with van der Waals surface area (Å²) < 4.78 is 1.67. The second-order valence-electron chi connectivity index (χ2n) is 6.22. The summed E-state index contributed by atoms with van der Waals surface area (Å²) in [5, 5.41) is 13.8. The molecule has 1 amide bonds. The van der Waals surface area contributed by atoms with Crippen molar-refractivity contribution in [2.45, 2.75) is 19.3 Å². The molecular formula is C18H14N4O4. The fraction of sp³-hybridized carbons (Fsp3) is 0.167. The van der Waals surface area contributed by atoms with E-state index in [2.05, 4.69) is 10.3 Å². The number of nitro groups is 1. The summed E-state index contributed by atoms with van der Waals surface area (Å²) in [6.07, 6.45) is 1.76. The zero-order valence-corrected chi connectivity index (χ0v) is 13.8. The maximum atomic E-state index is 12.7. The number of pyridine rings is 1. The van der Waals surface area contributed by atoms with Gasteiger partial charge in [-0.2, -0.15) is 4.98 Å². The Hall–Kier alpha value is -3.55. The molecule has 0 saturated heterocycles. The van der Waals surface area contributed by atoms with Crippen LogP contribution in [0.4, 0.5) is 11.5 Å². The molecule has 130 valence electrons. The van der Waals surface area contributed by atoms with Crippen LogP contribution in [0.1, 0.15) is 29.0 Å². The monoisotopic (exact) mass is 350 g/mol. The quantitative estimate of drug-likeness (QED) is 0.564. The Kier molecular flexibility index (Phi) is 3.54. The van der Waals surface area contributed by atoms with Crippen LogP contribution in [0, 0.1) is 17.0 Å². The molecule has 0 saturated carbocycles. The van der Waals surface area contributed by atoms with Crippen molar-refractivity contribution in [3.8, 4) is 0 Å². The van der Waals surface area contributed by atoms with Gasteiger partial charge in [-0.1, -0.05) is 18.2 Å². The molecule has 1 atom stereocenters. The van der Waals surface area contributed by atoms with Crippen LogP contribution in [0.3, 0.4) is 0 Å². The largest absolute Gasteiger partial charge is 0.311 e. The van der Waals surface area contributed by atoms with Gasteiger partial charge < -0.3 is 5.32 Å². The molecule has 0 spiro atoms. The lowest BCUT2D eigenvalue weighted by molar-refractivity contribution is -0.384. The maximum absolute atomic E-state index is 12.7. The van der Waals surface area contributed by atoms with Crippen molar-refractivity contribution in [2.75, 3.05) is 5.32 Å². The molecule has 1 aliphatic rings. The Morgan fingerprint density at radius 1 is 1.27 bits per heavy atom. The lowest BCUT2D eigenvalue weighted by Gasteiger charge is -2.26. The molecule has 8 heteroatoms. The molecule has 0 fully saturated rings. The number of rotatable bonds is 2. The first-order valence-electron chi connectivity index (χ1n) is 8.02. The summed E-state index contributed by atoms with van der Waals surface area (Å²) in [7, 11) is 0. The molecule has 1 aromatic carbocycles. The molecule has 0 radical (unpaired) electrons. The minimum absolute atomic E-state index is 0.0307. The Labute approximate surface area is 147 Å². The van der Waals surface area contributed by atoms with Crippen LogP contribution in [0.15, 0.2) is 47.4 Å². The number of amides is 1. The van der Waals surface area contributed by atoms with E-state index < -0.39 is 16.4 Å². The first-order chi connectivity index (χ1) is 12.5. The normalized spacial score (nSPS) is 16.2. The Bertz CT molecular complexity index is 1140. The van der Waals surface area contributed by atoms with E-state index in [4.69, 9.17) is 0 Å². The van der Waals surface area contributed by atoms with E-state index in [1.165, 1.54) is 12.1 Å². The van der Waals surface area contributed by atoms with Crippen LogP contribution < -0.4 is 10.9 Å². The number of hydrogen-bond acceptors (Lipinski definition) is 5. The van der Waals surface area contributed by atoms with Crippen molar-refractivity contribution in [1.82, 2.24) is 9.38 Å². The zero-order valence-electron chi connectivity index (χ0n) is 13.8. The number of carbonyl (C=O) groups excluding carboxylic acids is 1. The lowest BCUT2D eigenvalue weighted by Crippen LogP contribution is -2.32. The number of benzene rings is 1. The third-order valence-corrected chi connectivity index (χ3v) is 4.58. The summed E-state index contributed by atoms with van der Waals surface area (Å²) in [5.74, 6) is -0.470. The highest BCUT2D eigenvalue weighted by atomic mass is 16.6. The molecule has 26 heavy (non-hydrogen) atoms. The van der Waals surface area contributed by atoms with E-state index in [1.807, 2.05) is 13.0 Å². The molecule has 2 aromatic heterocycles. The summed E-state index contributed by atoms with van der Waals surface area (Å²) in [6, 6.07) is 9.65. The van der Waals surface area contributed by atoms with Crippen molar-refractivity contribution in [3.63, 3.8) is 0 Å². The Balaban J connectivity index is 1.99. The van der Waals surface area contributed by atoms with Crippen molar-refractivity contribution in [1.29, 1.82) is 0 Å². The SMILES string of the molecule is Cc1cccn2c3c(c(=O)nc12)[C@@H](c1cccc([N+](=O)[O-])c1)CC(=O)N3. The third-order valence-electron chi connectivity index (χ3n) is 4.58. The van der Waals surface area contributed by atoms with E-state index in [9.17, 15) is 19.7 Å². The smallest absolute Gasteiger partial charge is 0.279 e. The maximum Gasteiger partial charge on any atom is 0.279 e. The molecule has 4 rings (SSSR count). The highest BCUT2D eigenvalue weighted by molar-refractivity contribution is 5.94. The van der Waals surface area contributed by atoms with Crippen LogP contribution in [0.2, 0.25) is 0 Å². The summed E-state index contributed by atoms with van der Waals surface area (Å²) >= 11 is 0. The average Bonchev–Trinajstić information content (AvgIpc) is 2.62. The van der Waals surface area contributed by atoms with Crippen LogP contribution in [-0.2, 0) is 4.79 Å². The van der Waals surface area contributed by atoms with Gasteiger partial charge in [0, 0.05) is 30.7 Å². The van der Waals surface area contributed by atoms with Gasteiger partial charge in [0.1, 0.15) is 11.5 Å². The molecule has 3 aromatic rings. The summed E-state index contributed by atoms with van der Waals surface area (Å²) in [5.41, 5.74) is 1.64. The fourth-order valence-electron chi connectivity index (χ4n) is 3.37. The minimum atomic E-state index is -0.587. The summed E-state index contributed by atoms with van der Waals surface area (Å²) in [6.45, 7) is 1.83. The van der Waals surface area contributed by atoms with Crippen molar-refractivity contribution >= 4 is 23.1 Å². The second-order valence-corrected chi connectivity index (χ2v) is 6.22. The number of nitrogens with zero attached hydrogens (tertiary/aromatic N) is 3. The second kappa shape index (κ2) is 5.76. The molecule has 0 aliphatic carbocycles. The van der Waals surface area contributed by atoms with Gasteiger partial charge in [0.15, 0.2) is 0 Å². The highest BCUT2D eigenvalue weighted by Gasteiger charge is 2.32. The van der Waals surface area contributed by atoms with Gasteiger partial charge >= 0.3 is 0 Å². The molecule has 3 heterocycles. The lowest BCUT2D eigenvalue weighted by atomic mass is 9.86. The van der Waals surface area contributed by atoms with Crippen LogP contribution in [0.25, 0.3) is 5.65 Å². The van der Waals surface area contributed by atoms with E-state index >= 15 is 0 Å². The van der Waals surface area contributed by atoms with Crippen molar-refractivity contribution < 1.29 is 9.72 Å². The number of aryl methyl sites for hydroxylation is 1. The van der Waals surface area contributed by atoms with Gasteiger partial charge in [0.25, 0.3) is 11.2 Å². The predicted molar refractivity (Wildman–Crippen MR) is 94.4 cm³/mol. The number of carbonyl (C=O) groups is 1. The van der Waals surface area contributed by atoms with Gasteiger partial charge in [-0.25, -0.2) is 0 Å². The number of nitrogens with one attached hydrogen (secondary N) is 1. The number of hydrogen-bond donors (Lipinski definition) is 1. The molecule has 1 N–H and O–H groups in total.